The van der Waals surface area contributed by atoms with Gasteiger partial charge in [0.2, 0.25) is 0 Å². The molecule has 3 aromatic carbocycles. The lowest BCUT2D eigenvalue weighted by Gasteiger charge is -2.38. The molecule has 1 saturated heterocycles. The monoisotopic (exact) mass is 498 g/mol. The van der Waals surface area contributed by atoms with Gasteiger partial charge in [0, 0.05) is 25.3 Å². The summed E-state index contributed by atoms with van der Waals surface area (Å²) < 4.78 is 5.59. The number of anilines is 1. The molecule has 37 heavy (non-hydrogen) atoms. The molecule has 1 atom stereocenters. The maximum absolute atomic E-state index is 13.3. The third-order valence-corrected chi connectivity index (χ3v) is 6.76. The molecule has 0 radical (unpaired) electrons. The van der Waals surface area contributed by atoms with Crippen molar-refractivity contribution in [2.45, 2.75) is 51.3 Å². The first-order chi connectivity index (χ1) is 17.9. The van der Waals surface area contributed by atoms with Gasteiger partial charge in [0.15, 0.2) is 6.10 Å². The van der Waals surface area contributed by atoms with Gasteiger partial charge in [0.1, 0.15) is 5.54 Å². The van der Waals surface area contributed by atoms with Gasteiger partial charge < -0.3 is 10.1 Å². The molecule has 0 unspecified atom stereocenters. The molecule has 0 aliphatic carbocycles. The van der Waals surface area contributed by atoms with Crippen LogP contribution in [0.3, 0.4) is 0 Å². The predicted molar refractivity (Wildman–Crippen MR) is 145 cm³/mol. The number of nitrogens with zero attached hydrogens (tertiary/aromatic N) is 2. The molecule has 0 spiro atoms. The van der Waals surface area contributed by atoms with Crippen molar-refractivity contribution < 1.29 is 14.3 Å². The standard InChI is InChI=1S/C30H34N4O3/c1-22(2)18-27(37-29(36)32-26-13-12-24-10-6-7-11-25(24)19-26)28(35)33-30(21-31)14-16-34(17-15-30)20-23-8-4-3-5-9-23/h3-13,19,22,27H,14-18,20H2,1-2H3,(H,32,36)(H,33,35)/t27-/m0/s1. The zero-order chi connectivity index (χ0) is 26.3. The van der Waals surface area contributed by atoms with Gasteiger partial charge in [0.25, 0.3) is 5.91 Å². The van der Waals surface area contributed by atoms with Crippen LogP contribution in [-0.4, -0.2) is 41.6 Å². The van der Waals surface area contributed by atoms with Crippen LogP contribution in [0.15, 0.2) is 72.8 Å². The second kappa shape index (κ2) is 11.9. The largest absolute Gasteiger partial charge is 0.436 e. The Morgan fingerprint density at radius 2 is 1.68 bits per heavy atom. The normalized spacial score (nSPS) is 16.1. The topological polar surface area (TPSA) is 94.5 Å². The summed E-state index contributed by atoms with van der Waals surface area (Å²) >= 11 is 0. The average molecular weight is 499 g/mol. The molecule has 0 aromatic heterocycles. The van der Waals surface area contributed by atoms with Crippen molar-refractivity contribution in [3.05, 3.63) is 78.4 Å². The highest BCUT2D eigenvalue weighted by Gasteiger charge is 2.38. The van der Waals surface area contributed by atoms with Gasteiger partial charge in [-0.15, -0.1) is 0 Å². The number of nitriles is 1. The lowest BCUT2D eigenvalue weighted by Crippen LogP contribution is -2.57. The zero-order valence-electron chi connectivity index (χ0n) is 21.4. The Hall–Kier alpha value is -3.89. The molecule has 2 amide bonds. The first kappa shape index (κ1) is 26.2. The van der Waals surface area contributed by atoms with Crippen LogP contribution in [0.5, 0.6) is 0 Å². The number of fused-ring (bicyclic) bond motifs is 1. The van der Waals surface area contributed by atoms with Crippen LogP contribution < -0.4 is 10.6 Å². The molecule has 0 saturated carbocycles. The third kappa shape index (κ3) is 7.08. The van der Waals surface area contributed by atoms with Crippen molar-refractivity contribution in [2.75, 3.05) is 18.4 Å². The van der Waals surface area contributed by atoms with E-state index >= 15 is 0 Å². The van der Waals surface area contributed by atoms with E-state index in [9.17, 15) is 14.9 Å². The number of likely N-dealkylation sites (tertiary alicyclic amines) is 1. The van der Waals surface area contributed by atoms with Crippen LogP contribution in [0.25, 0.3) is 10.8 Å². The maximum Gasteiger partial charge on any atom is 0.412 e. The number of carbonyl (C=O) groups excluding carboxylic acids is 2. The highest BCUT2D eigenvalue weighted by Crippen LogP contribution is 2.24. The Labute approximate surface area is 218 Å². The molecule has 1 aliphatic heterocycles. The van der Waals surface area contributed by atoms with Gasteiger partial charge in [-0.3, -0.25) is 15.0 Å². The lowest BCUT2D eigenvalue weighted by atomic mass is 9.88. The molecule has 1 aliphatic rings. The smallest absolute Gasteiger partial charge is 0.412 e. The second-order valence-electron chi connectivity index (χ2n) is 10.2. The van der Waals surface area contributed by atoms with E-state index in [1.54, 1.807) is 6.07 Å². The molecule has 3 aromatic rings. The summed E-state index contributed by atoms with van der Waals surface area (Å²) in [6.07, 6.45) is -0.300. The number of rotatable bonds is 8. The van der Waals surface area contributed by atoms with E-state index in [0.29, 0.717) is 38.0 Å². The van der Waals surface area contributed by atoms with Crippen molar-refractivity contribution in [1.29, 1.82) is 5.26 Å². The van der Waals surface area contributed by atoms with Crippen LogP contribution in [-0.2, 0) is 16.1 Å². The van der Waals surface area contributed by atoms with Crippen molar-refractivity contribution in [1.82, 2.24) is 10.2 Å². The second-order valence-corrected chi connectivity index (χ2v) is 10.2. The van der Waals surface area contributed by atoms with Gasteiger partial charge in [0.05, 0.1) is 6.07 Å². The molecule has 7 nitrogen and oxygen atoms in total. The molecule has 1 heterocycles. The molecule has 192 valence electrons. The number of ether oxygens (including phenoxy) is 1. The summed E-state index contributed by atoms with van der Waals surface area (Å²) in [7, 11) is 0. The highest BCUT2D eigenvalue weighted by molar-refractivity contribution is 5.92. The minimum Gasteiger partial charge on any atom is -0.436 e. The van der Waals surface area contributed by atoms with E-state index in [2.05, 4.69) is 33.7 Å². The first-order valence-corrected chi connectivity index (χ1v) is 12.8. The average Bonchev–Trinajstić information content (AvgIpc) is 2.90. The van der Waals surface area contributed by atoms with Crippen molar-refractivity contribution in [3.63, 3.8) is 0 Å². The number of hydrogen-bond acceptors (Lipinski definition) is 5. The molecule has 1 fully saturated rings. The van der Waals surface area contributed by atoms with Crippen LogP contribution >= 0.6 is 0 Å². The quantitative estimate of drug-likeness (QED) is 0.429. The number of nitrogens with one attached hydrogen (secondary N) is 2. The first-order valence-electron chi connectivity index (χ1n) is 12.8. The third-order valence-electron chi connectivity index (χ3n) is 6.76. The summed E-state index contributed by atoms with van der Waals surface area (Å²) in [6, 6.07) is 26.0. The Bertz CT molecular complexity index is 1260. The molecule has 4 rings (SSSR count). The van der Waals surface area contributed by atoms with Gasteiger partial charge in [-0.2, -0.15) is 5.26 Å². The SMILES string of the molecule is CC(C)C[C@H](OC(=O)Nc1ccc2ccccc2c1)C(=O)NC1(C#N)CCN(Cc2ccccc2)CC1. The van der Waals surface area contributed by atoms with E-state index in [4.69, 9.17) is 4.74 Å². The van der Waals surface area contributed by atoms with E-state index in [1.807, 2.05) is 68.4 Å². The Kier molecular flexibility index (Phi) is 8.42. The van der Waals surface area contributed by atoms with Crippen molar-refractivity contribution >= 4 is 28.5 Å². The summed E-state index contributed by atoms with van der Waals surface area (Å²) in [6.45, 7) is 6.13. The van der Waals surface area contributed by atoms with E-state index in [-0.39, 0.29) is 5.92 Å². The van der Waals surface area contributed by atoms with E-state index in [1.165, 1.54) is 5.56 Å². The number of amides is 2. The highest BCUT2D eigenvalue weighted by atomic mass is 16.6. The molecular formula is C30H34N4O3. The number of piperidine rings is 1. The van der Waals surface area contributed by atoms with E-state index in [0.717, 1.165) is 17.3 Å². The fraction of sp³-hybridized carbons (Fsp3) is 0.367. The van der Waals surface area contributed by atoms with Gasteiger partial charge in [-0.05, 0) is 53.6 Å². The maximum atomic E-state index is 13.3. The lowest BCUT2D eigenvalue weighted by molar-refractivity contribution is -0.132. The van der Waals surface area contributed by atoms with Crippen molar-refractivity contribution in [3.8, 4) is 6.07 Å². The Morgan fingerprint density at radius 3 is 2.35 bits per heavy atom. The number of hydrogen-bond donors (Lipinski definition) is 2. The van der Waals surface area contributed by atoms with Crippen LogP contribution in [0.2, 0.25) is 0 Å². The van der Waals surface area contributed by atoms with E-state index < -0.39 is 23.6 Å². The summed E-state index contributed by atoms with van der Waals surface area (Å²) in [5.74, 6) is -0.310. The Balaban J connectivity index is 1.36. The number of carbonyl (C=O) groups is 2. The predicted octanol–water partition coefficient (Wildman–Crippen LogP) is 5.48. The minimum atomic E-state index is -0.993. The minimum absolute atomic E-state index is 0.120. The van der Waals surface area contributed by atoms with Crippen LogP contribution in [0.4, 0.5) is 10.5 Å². The van der Waals surface area contributed by atoms with Gasteiger partial charge >= 0.3 is 6.09 Å². The van der Waals surface area contributed by atoms with Crippen LogP contribution in [0.1, 0.15) is 38.7 Å². The summed E-state index contributed by atoms with van der Waals surface area (Å²) in [5, 5.41) is 17.7. The Morgan fingerprint density at radius 1 is 1.00 bits per heavy atom. The fourth-order valence-corrected chi connectivity index (χ4v) is 4.70. The van der Waals surface area contributed by atoms with Crippen LogP contribution in [0, 0.1) is 17.2 Å². The summed E-state index contributed by atoms with van der Waals surface area (Å²) in [4.78, 5) is 28.3. The zero-order valence-corrected chi connectivity index (χ0v) is 21.4. The van der Waals surface area contributed by atoms with Gasteiger partial charge in [-0.1, -0.05) is 74.5 Å². The van der Waals surface area contributed by atoms with Crippen molar-refractivity contribution in [2.24, 2.45) is 5.92 Å². The fourth-order valence-electron chi connectivity index (χ4n) is 4.70. The molecule has 0 bridgehead atoms. The summed E-state index contributed by atoms with van der Waals surface area (Å²) in [5.41, 5.74) is 0.836. The number of benzene rings is 3. The molecular weight excluding hydrogens is 464 g/mol. The molecule has 2 N–H and O–H groups in total. The molecule has 7 heteroatoms. The van der Waals surface area contributed by atoms with Gasteiger partial charge in [-0.25, -0.2) is 4.79 Å².